The molecule has 0 atom stereocenters. The molecule has 0 bridgehead atoms. The molecule has 1 aromatic carbocycles. The third kappa shape index (κ3) is 2.98. The summed E-state index contributed by atoms with van der Waals surface area (Å²) in [7, 11) is 0. The van der Waals surface area contributed by atoms with Crippen LogP contribution < -0.4 is 4.74 Å². The molecule has 1 saturated carbocycles. The molecule has 0 aromatic heterocycles. The Balaban J connectivity index is 2.07. The first-order valence-corrected chi connectivity index (χ1v) is 5.31. The highest BCUT2D eigenvalue weighted by Gasteiger charge is 2.22. The molecule has 0 saturated heterocycles. The van der Waals surface area contributed by atoms with E-state index in [1.54, 1.807) is 12.1 Å². The molecule has 0 radical (unpaired) electrons. The van der Waals surface area contributed by atoms with Crippen molar-refractivity contribution in [2.75, 3.05) is 13.2 Å². The van der Waals surface area contributed by atoms with Crippen molar-refractivity contribution in [3.63, 3.8) is 0 Å². The Labute approximate surface area is 94.1 Å². The minimum Gasteiger partial charge on any atom is -0.490 e. The fourth-order valence-electron chi connectivity index (χ4n) is 1.33. The first-order valence-electron chi connectivity index (χ1n) is 5.31. The highest BCUT2D eigenvalue weighted by atomic mass is 19.1. The van der Waals surface area contributed by atoms with E-state index >= 15 is 0 Å². The molecule has 3 heteroatoms. The quantitative estimate of drug-likeness (QED) is 0.789. The molecule has 0 spiro atoms. The Morgan fingerprint density at radius 3 is 2.94 bits per heavy atom. The van der Waals surface area contributed by atoms with Gasteiger partial charge >= 0.3 is 0 Å². The molecule has 1 aromatic rings. The van der Waals surface area contributed by atoms with E-state index < -0.39 is 0 Å². The zero-order valence-corrected chi connectivity index (χ0v) is 8.87. The molecule has 2 nitrogen and oxygen atoms in total. The van der Waals surface area contributed by atoms with Crippen LogP contribution in [0.25, 0.3) is 0 Å². The average molecular weight is 220 g/mol. The number of aliphatic hydroxyl groups is 1. The third-order valence-corrected chi connectivity index (χ3v) is 2.41. The monoisotopic (exact) mass is 220 g/mol. The van der Waals surface area contributed by atoms with Crippen LogP contribution in [0.2, 0.25) is 0 Å². The van der Waals surface area contributed by atoms with Gasteiger partial charge in [0.15, 0.2) is 11.6 Å². The molecule has 1 aliphatic rings. The molecule has 0 unspecified atom stereocenters. The van der Waals surface area contributed by atoms with Crippen molar-refractivity contribution in [2.24, 2.45) is 5.92 Å². The summed E-state index contributed by atoms with van der Waals surface area (Å²) < 4.78 is 18.7. The summed E-state index contributed by atoms with van der Waals surface area (Å²) in [5.41, 5.74) is 0.654. The van der Waals surface area contributed by atoms with Crippen LogP contribution in [0, 0.1) is 23.6 Å². The van der Waals surface area contributed by atoms with Gasteiger partial charge in [0, 0.05) is 5.56 Å². The zero-order valence-electron chi connectivity index (χ0n) is 8.87. The maximum Gasteiger partial charge on any atom is 0.165 e. The smallest absolute Gasteiger partial charge is 0.165 e. The van der Waals surface area contributed by atoms with Gasteiger partial charge in [-0.05, 0) is 37.0 Å². The molecule has 0 aliphatic heterocycles. The third-order valence-electron chi connectivity index (χ3n) is 2.41. The van der Waals surface area contributed by atoms with Crippen LogP contribution in [0.3, 0.4) is 0 Å². The molecule has 84 valence electrons. The lowest BCUT2D eigenvalue weighted by molar-refractivity contribution is 0.285. The minimum atomic E-state index is -0.366. The van der Waals surface area contributed by atoms with Crippen LogP contribution in [0.1, 0.15) is 18.4 Å². The maximum absolute atomic E-state index is 13.3. The van der Waals surface area contributed by atoms with Gasteiger partial charge in [0.1, 0.15) is 6.61 Å². The van der Waals surface area contributed by atoms with Crippen LogP contribution in [-0.2, 0) is 0 Å². The van der Waals surface area contributed by atoms with Crippen LogP contribution in [0.4, 0.5) is 4.39 Å². The van der Waals surface area contributed by atoms with Crippen molar-refractivity contribution in [3.05, 3.63) is 29.6 Å². The summed E-state index contributed by atoms with van der Waals surface area (Å²) in [6, 6.07) is 4.48. The number of hydrogen-bond acceptors (Lipinski definition) is 2. The van der Waals surface area contributed by atoms with Crippen molar-refractivity contribution < 1.29 is 14.2 Å². The minimum absolute atomic E-state index is 0.199. The summed E-state index contributed by atoms with van der Waals surface area (Å²) in [6.07, 6.45) is 2.34. The van der Waals surface area contributed by atoms with Crippen LogP contribution in [0.5, 0.6) is 5.75 Å². The lowest BCUT2D eigenvalue weighted by Crippen LogP contribution is -2.01. The predicted octanol–water partition coefficient (Wildman–Crippen LogP) is 1.96. The summed E-state index contributed by atoms with van der Waals surface area (Å²) in [5.74, 6) is 5.71. The molecule has 1 fully saturated rings. The molecular formula is C13H13FO2. The fourth-order valence-corrected chi connectivity index (χ4v) is 1.33. The van der Waals surface area contributed by atoms with Gasteiger partial charge < -0.3 is 9.84 Å². The number of rotatable bonds is 3. The van der Waals surface area contributed by atoms with E-state index in [1.807, 2.05) is 0 Å². The second kappa shape index (κ2) is 5.00. The van der Waals surface area contributed by atoms with Gasteiger partial charge in [0.25, 0.3) is 0 Å². The lowest BCUT2D eigenvalue weighted by Gasteiger charge is -2.06. The summed E-state index contributed by atoms with van der Waals surface area (Å²) in [5, 5.41) is 8.56. The van der Waals surface area contributed by atoms with E-state index in [-0.39, 0.29) is 18.2 Å². The van der Waals surface area contributed by atoms with Crippen LogP contribution in [0.15, 0.2) is 18.2 Å². The standard InChI is InChI=1S/C13H13FO2/c14-12-6-5-10(2-1-7-15)8-13(12)16-9-11-3-4-11/h5-6,8,11,15H,3-4,7,9H2. The molecular weight excluding hydrogens is 207 g/mol. The SMILES string of the molecule is OCC#Cc1ccc(F)c(OCC2CC2)c1. The van der Waals surface area contributed by atoms with Gasteiger partial charge in [-0.3, -0.25) is 0 Å². The predicted molar refractivity (Wildman–Crippen MR) is 58.6 cm³/mol. The topological polar surface area (TPSA) is 29.5 Å². The Bertz CT molecular complexity index is 427. The summed E-state index contributed by atoms with van der Waals surface area (Å²) >= 11 is 0. The molecule has 1 N–H and O–H groups in total. The first-order chi connectivity index (χ1) is 7.79. The van der Waals surface area contributed by atoms with Gasteiger partial charge in [0.2, 0.25) is 0 Å². The fraction of sp³-hybridized carbons (Fsp3) is 0.385. The van der Waals surface area contributed by atoms with Crippen molar-refractivity contribution in [1.29, 1.82) is 0 Å². The van der Waals surface area contributed by atoms with E-state index in [4.69, 9.17) is 9.84 Å². The summed E-state index contributed by atoms with van der Waals surface area (Å²) in [4.78, 5) is 0. The van der Waals surface area contributed by atoms with Gasteiger partial charge in [0.05, 0.1) is 6.61 Å². The van der Waals surface area contributed by atoms with E-state index in [9.17, 15) is 4.39 Å². The maximum atomic E-state index is 13.3. The Morgan fingerprint density at radius 1 is 1.44 bits per heavy atom. The van der Waals surface area contributed by atoms with E-state index in [2.05, 4.69) is 11.8 Å². The molecule has 16 heavy (non-hydrogen) atoms. The van der Waals surface area contributed by atoms with Crippen molar-refractivity contribution >= 4 is 0 Å². The van der Waals surface area contributed by atoms with Gasteiger partial charge in [-0.25, -0.2) is 4.39 Å². The van der Waals surface area contributed by atoms with Crippen molar-refractivity contribution in [3.8, 4) is 17.6 Å². The molecule has 2 rings (SSSR count). The highest BCUT2D eigenvalue weighted by molar-refractivity contribution is 5.40. The van der Waals surface area contributed by atoms with Gasteiger partial charge in [-0.2, -0.15) is 0 Å². The largest absolute Gasteiger partial charge is 0.490 e. The molecule has 1 aliphatic carbocycles. The van der Waals surface area contributed by atoms with Gasteiger partial charge in [-0.15, -0.1) is 0 Å². The number of halogens is 1. The van der Waals surface area contributed by atoms with E-state index in [0.29, 0.717) is 18.1 Å². The van der Waals surface area contributed by atoms with E-state index in [1.165, 1.54) is 18.9 Å². The van der Waals surface area contributed by atoms with Crippen LogP contribution >= 0.6 is 0 Å². The lowest BCUT2D eigenvalue weighted by atomic mass is 10.2. The van der Waals surface area contributed by atoms with E-state index in [0.717, 1.165) is 0 Å². The van der Waals surface area contributed by atoms with Crippen molar-refractivity contribution in [2.45, 2.75) is 12.8 Å². The molecule has 0 amide bonds. The first kappa shape index (κ1) is 11.0. The second-order valence-corrected chi connectivity index (χ2v) is 3.86. The second-order valence-electron chi connectivity index (χ2n) is 3.86. The average Bonchev–Trinajstić information content (AvgIpc) is 3.10. The van der Waals surface area contributed by atoms with Gasteiger partial charge in [-0.1, -0.05) is 11.8 Å². The number of aliphatic hydroxyl groups excluding tert-OH is 1. The molecule has 0 heterocycles. The Morgan fingerprint density at radius 2 is 2.25 bits per heavy atom. The number of hydrogen-bond donors (Lipinski definition) is 1. The summed E-state index contributed by atoms with van der Waals surface area (Å²) in [6.45, 7) is 0.378. The van der Waals surface area contributed by atoms with Crippen LogP contribution in [-0.4, -0.2) is 18.3 Å². The number of benzene rings is 1. The normalized spacial score (nSPS) is 14.1. The van der Waals surface area contributed by atoms with Crippen molar-refractivity contribution in [1.82, 2.24) is 0 Å². The Kier molecular flexibility index (Phi) is 3.43. The Hall–Kier alpha value is -1.53. The number of ether oxygens (including phenoxy) is 1. The zero-order chi connectivity index (χ0) is 11.4. The highest BCUT2D eigenvalue weighted by Crippen LogP contribution is 2.30.